The van der Waals surface area contributed by atoms with Gasteiger partial charge in [0.1, 0.15) is 17.3 Å². The molecule has 100 valence electrons. The number of hydrogen-bond acceptors (Lipinski definition) is 3. The number of anilines is 1. The summed E-state index contributed by atoms with van der Waals surface area (Å²) in [5, 5.41) is 4.04. The summed E-state index contributed by atoms with van der Waals surface area (Å²) in [7, 11) is 0. The van der Waals surface area contributed by atoms with E-state index in [0.717, 1.165) is 36.2 Å². The molecule has 1 fully saturated rings. The van der Waals surface area contributed by atoms with Crippen molar-refractivity contribution in [3.05, 3.63) is 17.0 Å². The van der Waals surface area contributed by atoms with Crippen LogP contribution in [0.5, 0.6) is 0 Å². The Morgan fingerprint density at radius 1 is 1.39 bits per heavy atom. The second-order valence-electron chi connectivity index (χ2n) is 5.36. The summed E-state index contributed by atoms with van der Waals surface area (Å²) in [4.78, 5) is 8.34. The van der Waals surface area contributed by atoms with Gasteiger partial charge in [0.15, 0.2) is 0 Å². The van der Waals surface area contributed by atoms with Gasteiger partial charge in [-0.3, -0.25) is 0 Å². The van der Waals surface area contributed by atoms with E-state index in [4.69, 9.17) is 11.6 Å². The Kier molecular flexibility index (Phi) is 4.81. The van der Waals surface area contributed by atoms with Crippen molar-refractivity contribution in [3.63, 3.8) is 0 Å². The fourth-order valence-corrected chi connectivity index (χ4v) is 3.11. The van der Waals surface area contributed by atoms with E-state index in [9.17, 15) is 0 Å². The first kappa shape index (κ1) is 13.6. The number of rotatable bonds is 4. The van der Waals surface area contributed by atoms with Gasteiger partial charge in [-0.25, -0.2) is 9.97 Å². The van der Waals surface area contributed by atoms with Gasteiger partial charge in [0, 0.05) is 12.1 Å². The number of aromatic nitrogens is 2. The van der Waals surface area contributed by atoms with E-state index in [1.54, 1.807) is 0 Å². The lowest BCUT2D eigenvalue weighted by molar-refractivity contribution is 0.293. The smallest absolute Gasteiger partial charge is 0.137 e. The average Bonchev–Trinajstić information content (AvgIpc) is 2.36. The summed E-state index contributed by atoms with van der Waals surface area (Å²) in [5.74, 6) is 2.55. The summed E-state index contributed by atoms with van der Waals surface area (Å²) in [6, 6.07) is 0. The van der Waals surface area contributed by atoms with Crippen molar-refractivity contribution in [3.8, 4) is 0 Å². The van der Waals surface area contributed by atoms with E-state index in [-0.39, 0.29) is 0 Å². The van der Waals surface area contributed by atoms with Gasteiger partial charge < -0.3 is 5.32 Å². The maximum absolute atomic E-state index is 6.08. The molecule has 1 aliphatic carbocycles. The largest absolute Gasteiger partial charge is 0.369 e. The van der Waals surface area contributed by atoms with Crippen LogP contribution < -0.4 is 5.32 Å². The second kappa shape index (κ2) is 6.37. The molecule has 0 radical (unpaired) electrons. The highest BCUT2D eigenvalue weighted by atomic mass is 35.5. The minimum atomic E-state index is 0.576. The van der Waals surface area contributed by atoms with E-state index < -0.39 is 0 Å². The molecule has 0 saturated heterocycles. The predicted molar refractivity (Wildman–Crippen MR) is 76.0 cm³/mol. The molecule has 1 aromatic rings. The van der Waals surface area contributed by atoms with E-state index in [1.807, 2.05) is 0 Å². The molecule has 0 aromatic carbocycles. The van der Waals surface area contributed by atoms with Crippen LogP contribution in [-0.2, 0) is 6.42 Å². The lowest BCUT2D eigenvalue weighted by atomic mass is 9.82. The predicted octanol–water partition coefficient (Wildman–Crippen LogP) is 3.93. The zero-order valence-corrected chi connectivity index (χ0v) is 12.0. The molecule has 2 atom stereocenters. The third-order valence-corrected chi connectivity index (χ3v) is 4.18. The topological polar surface area (TPSA) is 37.8 Å². The van der Waals surface area contributed by atoms with Gasteiger partial charge in [0.2, 0.25) is 0 Å². The van der Waals surface area contributed by atoms with Crippen molar-refractivity contribution >= 4 is 17.4 Å². The summed E-state index contributed by atoms with van der Waals surface area (Å²) >= 11 is 6.08. The van der Waals surface area contributed by atoms with Gasteiger partial charge in [0.25, 0.3) is 0 Å². The zero-order chi connectivity index (χ0) is 13.0. The zero-order valence-electron chi connectivity index (χ0n) is 11.2. The molecule has 2 unspecified atom stereocenters. The fourth-order valence-electron chi connectivity index (χ4n) is 2.84. The van der Waals surface area contributed by atoms with Gasteiger partial charge >= 0.3 is 0 Å². The molecule has 3 nitrogen and oxygen atoms in total. The third-order valence-electron chi connectivity index (χ3n) is 3.85. The lowest BCUT2D eigenvalue weighted by Gasteiger charge is -2.27. The number of nitrogens with one attached hydrogen (secondary N) is 1. The molecule has 0 bridgehead atoms. The Balaban J connectivity index is 1.95. The molecule has 1 aromatic heterocycles. The van der Waals surface area contributed by atoms with Crippen LogP contribution in [0.2, 0.25) is 5.15 Å². The molecule has 1 heterocycles. The number of halogens is 1. The van der Waals surface area contributed by atoms with Crippen molar-refractivity contribution in [2.75, 3.05) is 11.9 Å². The Labute approximate surface area is 114 Å². The molecule has 0 aliphatic heterocycles. The quantitative estimate of drug-likeness (QED) is 0.840. The Hall–Kier alpha value is -0.830. The molecule has 1 N–H and O–H groups in total. The highest BCUT2D eigenvalue weighted by molar-refractivity contribution is 6.30. The van der Waals surface area contributed by atoms with E-state index in [1.165, 1.54) is 32.0 Å². The molecule has 1 aliphatic rings. The third kappa shape index (κ3) is 3.35. The first-order valence-electron chi connectivity index (χ1n) is 6.94. The number of hydrogen-bond donors (Lipinski definition) is 1. The van der Waals surface area contributed by atoms with Crippen molar-refractivity contribution < 1.29 is 0 Å². The van der Waals surface area contributed by atoms with Crippen LogP contribution in [0.25, 0.3) is 0 Å². The van der Waals surface area contributed by atoms with Crippen LogP contribution in [0.4, 0.5) is 5.82 Å². The van der Waals surface area contributed by atoms with Crippen molar-refractivity contribution in [1.82, 2.24) is 9.97 Å². The van der Waals surface area contributed by atoms with Crippen LogP contribution in [0.1, 0.15) is 45.1 Å². The summed E-state index contributed by atoms with van der Waals surface area (Å²) < 4.78 is 0. The van der Waals surface area contributed by atoms with Crippen molar-refractivity contribution in [2.24, 2.45) is 11.8 Å². The van der Waals surface area contributed by atoms with Gasteiger partial charge in [-0.1, -0.05) is 38.3 Å². The SMILES string of the molecule is CCc1c(Cl)ncnc1NCC1CCCC(C)C1. The van der Waals surface area contributed by atoms with Gasteiger partial charge in [-0.2, -0.15) is 0 Å². The maximum Gasteiger partial charge on any atom is 0.137 e. The lowest BCUT2D eigenvalue weighted by Crippen LogP contribution is -2.22. The van der Waals surface area contributed by atoms with E-state index >= 15 is 0 Å². The molecular weight excluding hydrogens is 246 g/mol. The molecule has 0 spiro atoms. The molecular formula is C14H22ClN3. The number of nitrogens with zero attached hydrogens (tertiary/aromatic N) is 2. The molecule has 0 amide bonds. The van der Waals surface area contributed by atoms with Gasteiger partial charge in [0.05, 0.1) is 0 Å². The fraction of sp³-hybridized carbons (Fsp3) is 0.714. The van der Waals surface area contributed by atoms with E-state index in [2.05, 4.69) is 29.1 Å². The van der Waals surface area contributed by atoms with Crippen LogP contribution in [-0.4, -0.2) is 16.5 Å². The highest BCUT2D eigenvalue weighted by Crippen LogP contribution is 2.29. The van der Waals surface area contributed by atoms with Gasteiger partial charge in [-0.05, 0) is 31.1 Å². The standard InChI is InChI=1S/C14H22ClN3/c1-3-12-13(15)17-9-18-14(12)16-8-11-6-4-5-10(2)7-11/h9-11H,3-8H2,1-2H3,(H,16,17,18). The average molecular weight is 268 g/mol. The van der Waals surface area contributed by atoms with Crippen molar-refractivity contribution in [1.29, 1.82) is 0 Å². The summed E-state index contributed by atoms with van der Waals surface area (Å²) in [6.45, 7) is 5.44. The van der Waals surface area contributed by atoms with Crippen LogP contribution >= 0.6 is 11.6 Å². The highest BCUT2D eigenvalue weighted by Gasteiger charge is 2.19. The minimum Gasteiger partial charge on any atom is -0.369 e. The molecule has 4 heteroatoms. The van der Waals surface area contributed by atoms with Crippen molar-refractivity contribution in [2.45, 2.75) is 46.0 Å². The van der Waals surface area contributed by atoms with Gasteiger partial charge in [-0.15, -0.1) is 0 Å². The molecule has 1 saturated carbocycles. The molecule has 2 rings (SSSR count). The monoisotopic (exact) mass is 267 g/mol. The summed E-state index contributed by atoms with van der Waals surface area (Å²) in [5.41, 5.74) is 1.03. The maximum atomic E-state index is 6.08. The Morgan fingerprint density at radius 3 is 2.94 bits per heavy atom. The van der Waals surface area contributed by atoms with Crippen LogP contribution in [0.3, 0.4) is 0 Å². The summed E-state index contributed by atoms with van der Waals surface area (Å²) in [6.07, 6.45) is 7.80. The normalized spacial score (nSPS) is 23.9. The Morgan fingerprint density at radius 2 is 2.22 bits per heavy atom. The molecule has 18 heavy (non-hydrogen) atoms. The minimum absolute atomic E-state index is 0.576. The first-order chi connectivity index (χ1) is 8.70. The van der Waals surface area contributed by atoms with Crippen LogP contribution in [0, 0.1) is 11.8 Å². The van der Waals surface area contributed by atoms with E-state index in [0.29, 0.717) is 5.15 Å². The van der Waals surface area contributed by atoms with Crippen LogP contribution in [0.15, 0.2) is 6.33 Å². The Bertz CT molecular complexity index is 395. The first-order valence-corrected chi connectivity index (χ1v) is 7.31. The second-order valence-corrected chi connectivity index (χ2v) is 5.72.